The van der Waals surface area contributed by atoms with Gasteiger partial charge in [-0.25, -0.2) is 9.78 Å². The van der Waals surface area contributed by atoms with Crippen LogP contribution in [-0.4, -0.2) is 28.1 Å². The van der Waals surface area contributed by atoms with Gasteiger partial charge in [-0.1, -0.05) is 37.2 Å². The number of aromatic nitrogens is 2. The third kappa shape index (κ3) is 4.29. The zero-order chi connectivity index (χ0) is 21.1. The fourth-order valence-electron chi connectivity index (χ4n) is 3.15. The lowest BCUT2D eigenvalue weighted by Crippen LogP contribution is -2.30. The summed E-state index contributed by atoms with van der Waals surface area (Å²) in [5.74, 6) is -0.711. The molecular weight excluding hydrogens is 370 g/mol. The summed E-state index contributed by atoms with van der Waals surface area (Å²) in [6.45, 7) is 9.22. The van der Waals surface area contributed by atoms with Gasteiger partial charge in [-0.05, 0) is 50.8 Å². The van der Waals surface area contributed by atoms with Crippen LogP contribution < -0.4 is 5.32 Å². The van der Waals surface area contributed by atoms with Gasteiger partial charge in [0.1, 0.15) is 0 Å². The third-order valence-corrected chi connectivity index (χ3v) is 4.98. The molecule has 2 unspecified atom stereocenters. The molecule has 152 valence electrons. The van der Waals surface area contributed by atoms with Crippen molar-refractivity contribution in [3.8, 4) is 0 Å². The maximum absolute atomic E-state index is 12.8. The smallest absolute Gasteiger partial charge is 0.339 e. The van der Waals surface area contributed by atoms with E-state index in [9.17, 15) is 9.59 Å². The van der Waals surface area contributed by atoms with Crippen molar-refractivity contribution in [3.05, 3.63) is 52.8 Å². The molecule has 1 amide bonds. The molecule has 0 aliphatic heterocycles. The summed E-state index contributed by atoms with van der Waals surface area (Å²) in [6, 6.07) is 9.26. The van der Waals surface area contributed by atoms with Crippen molar-refractivity contribution >= 4 is 28.7 Å². The quantitative estimate of drug-likeness (QED) is 0.616. The molecule has 0 aliphatic rings. The summed E-state index contributed by atoms with van der Waals surface area (Å²) in [6.07, 6.45) is -0.0245. The highest BCUT2D eigenvalue weighted by Crippen LogP contribution is 2.27. The molecule has 0 saturated carbocycles. The second kappa shape index (κ2) is 8.43. The van der Waals surface area contributed by atoms with Crippen molar-refractivity contribution in [1.82, 2.24) is 10.1 Å². The molecule has 0 aliphatic carbocycles. The largest absolute Gasteiger partial charge is 0.449 e. The minimum absolute atomic E-state index is 0.272. The van der Waals surface area contributed by atoms with Crippen LogP contribution in [0.2, 0.25) is 0 Å². The zero-order valence-electron chi connectivity index (χ0n) is 17.3. The number of aryl methyl sites for hydroxylation is 2. The summed E-state index contributed by atoms with van der Waals surface area (Å²) in [5.41, 5.74) is 3.47. The maximum atomic E-state index is 12.8. The predicted molar refractivity (Wildman–Crippen MR) is 110 cm³/mol. The number of nitrogens with one attached hydrogen (secondary N) is 1. The van der Waals surface area contributed by atoms with Crippen LogP contribution in [0.15, 0.2) is 34.9 Å². The van der Waals surface area contributed by atoms with E-state index in [2.05, 4.69) is 29.3 Å². The van der Waals surface area contributed by atoms with Crippen LogP contribution >= 0.6 is 0 Å². The Kier molecular flexibility index (Phi) is 5.96. The van der Waals surface area contributed by atoms with Crippen molar-refractivity contribution < 1.29 is 18.8 Å². The Balaban J connectivity index is 1.77. The minimum Gasteiger partial charge on any atom is -0.449 e. The second-order valence-electron chi connectivity index (χ2n) is 7.19. The summed E-state index contributed by atoms with van der Waals surface area (Å²) in [5, 5.41) is 7.23. The van der Waals surface area contributed by atoms with Crippen molar-refractivity contribution in [2.24, 2.45) is 0 Å². The maximum Gasteiger partial charge on any atom is 0.339 e. The van der Waals surface area contributed by atoms with Crippen molar-refractivity contribution in [2.75, 3.05) is 5.32 Å². The summed E-state index contributed by atoms with van der Waals surface area (Å²) in [7, 11) is 0. The van der Waals surface area contributed by atoms with Gasteiger partial charge in [0.25, 0.3) is 11.6 Å². The second-order valence-corrected chi connectivity index (χ2v) is 7.19. The number of amides is 1. The van der Waals surface area contributed by atoms with Gasteiger partial charge in [0.05, 0.1) is 16.6 Å². The van der Waals surface area contributed by atoms with Gasteiger partial charge in [0.2, 0.25) is 0 Å². The number of carbonyl (C=O) groups excluding carboxylic acids is 2. The predicted octanol–water partition coefficient (Wildman–Crippen LogP) is 4.54. The first-order valence-electron chi connectivity index (χ1n) is 9.66. The molecule has 0 spiro atoms. The first-order chi connectivity index (χ1) is 13.8. The van der Waals surface area contributed by atoms with E-state index in [1.807, 2.05) is 24.3 Å². The number of pyridine rings is 1. The molecule has 1 N–H and O–H groups in total. The third-order valence-electron chi connectivity index (χ3n) is 4.98. The molecule has 3 rings (SSSR count). The lowest BCUT2D eigenvalue weighted by atomic mass is 9.97. The molecule has 29 heavy (non-hydrogen) atoms. The topological polar surface area (TPSA) is 94.3 Å². The molecule has 2 aromatic heterocycles. The molecule has 0 fully saturated rings. The van der Waals surface area contributed by atoms with Crippen molar-refractivity contribution in [2.45, 2.75) is 53.1 Å². The Morgan fingerprint density at radius 1 is 1.21 bits per heavy atom. The zero-order valence-corrected chi connectivity index (χ0v) is 17.3. The van der Waals surface area contributed by atoms with Crippen LogP contribution in [0.1, 0.15) is 60.4 Å². The highest BCUT2D eigenvalue weighted by Gasteiger charge is 2.24. The van der Waals surface area contributed by atoms with Gasteiger partial charge in [0.15, 0.2) is 6.10 Å². The molecule has 1 aromatic carbocycles. The van der Waals surface area contributed by atoms with Gasteiger partial charge in [-0.15, -0.1) is 0 Å². The number of esters is 1. The van der Waals surface area contributed by atoms with E-state index in [0.29, 0.717) is 22.7 Å². The fraction of sp³-hybridized carbons (Fsp3) is 0.364. The Morgan fingerprint density at radius 2 is 1.93 bits per heavy atom. The van der Waals surface area contributed by atoms with Gasteiger partial charge < -0.3 is 14.6 Å². The summed E-state index contributed by atoms with van der Waals surface area (Å²) in [4.78, 5) is 29.6. The standard InChI is InChI=1S/C22H25N3O4/c1-6-12(2)16-9-7-8-10-18(16)24-20(26)15(5)28-22(27)17-11-13(3)23-21-19(17)14(4)25-29-21/h7-12,15H,6H2,1-5H3,(H,24,26). The van der Waals surface area contributed by atoms with Gasteiger partial charge >= 0.3 is 5.97 Å². The van der Waals surface area contributed by atoms with Crippen LogP contribution in [0.3, 0.4) is 0 Å². The normalized spacial score (nSPS) is 13.1. The van der Waals surface area contributed by atoms with E-state index in [0.717, 1.165) is 17.7 Å². The number of hydrogen-bond acceptors (Lipinski definition) is 6. The first kappa shape index (κ1) is 20.5. The van der Waals surface area contributed by atoms with E-state index in [1.54, 1.807) is 26.8 Å². The van der Waals surface area contributed by atoms with E-state index in [1.165, 1.54) is 0 Å². The number of anilines is 1. The Hall–Kier alpha value is -3.22. The lowest BCUT2D eigenvalue weighted by molar-refractivity contribution is -0.123. The van der Waals surface area contributed by atoms with Crippen LogP contribution in [0.25, 0.3) is 11.1 Å². The number of hydrogen-bond donors (Lipinski definition) is 1. The van der Waals surface area contributed by atoms with E-state index < -0.39 is 18.0 Å². The number of para-hydroxylation sites is 1. The van der Waals surface area contributed by atoms with E-state index in [4.69, 9.17) is 9.26 Å². The van der Waals surface area contributed by atoms with Crippen molar-refractivity contribution in [1.29, 1.82) is 0 Å². The van der Waals surface area contributed by atoms with Gasteiger partial charge in [0, 0.05) is 11.4 Å². The van der Waals surface area contributed by atoms with Crippen molar-refractivity contribution in [3.63, 3.8) is 0 Å². The van der Waals surface area contributed by atoms with Gasteiger partial charge in [-0.3, -0.25) is 4.79 Å². The van der Waals surface area contributed by atoms with E-state index in [-0.39, 0.29) is 11.3 Å². The molecule has 7 heteroatoms. The number of ether oxygens (including phenoxy) is 1. The molecule has 3 aromatic rings. The lowest BCUT2D eigenvalue weighted by Gasteiger charge is -2.18. The van der Waals surface area contributed by atoms with Crippen LogP contribution in [0.5, 0.6) is 0 Å². The van der Waals surface area contributed by atoms with Gasteiger partial charge in [-0.2, -0.15) is 0 Å². The molecule has 0 radical (unpaired) electrons. The molecule has 7 nitrogen and oxygen atoms in total. The first-order valence-corrected chi connectivity index (χ1v) is 9.66. The number of benzene rings is 1. The summed E-state index contributed by atoms with van der Waals surface area (Å²) < 4.78 is 10.6. The molecular formula is C22H25N3O4. The monoisotopic (exact) mass is 395 g/mol. The Labute approximate surface area is 169 Å². The minimum atomic E-state index is -0.976. The number of fused-ring (bicyclic) bond motifs is 1. The fourth-order valence-corrected chi connectivity index (χ4v) is 3.15. The molecule has 2 heterocycles. The van der Waals surface area contributed by atoms with Crippen LogP contribution in [-0.2, 0) is 9.53 Å². The number of carbonyl (C=O) groups is 2. The molecule has 0 saturated heterocycles. The summed E-state index contributed by atoms with van der Waals surface area (Å²) >= 11 is 0. The average molecular weight is 395 g/mol. The Bertz CT molecular complexity index is 1060. The average Bonchev–Trinajstić information content (AvgIpc) is 3.07. The number of rotatable bonds is 6. The van der Waals surface area contributed by atoms with Crippen LogP contribution in [0.4, 0.5) is 5.69 Å². The number of nitrogens with zero attached hydrogens (tertiary/aromatic N) is 2. The highest BCUT2D eigenvalue weighted by molar-refractivity contribution is 6.04. The van der Waals surface area contributed by atoms with Crippen LogP contribution in [0, 0.1) is 13.8 Å². The Morgan fingerprint density at radius 3 is 2.66 bits per heavy atom. The molecule has 2 atom stereocenters. The molecule has 0 bridgehead atoms. The SMILES string of the molecule is CCC(C)c1ccccc1NC(=O)C(C)OC(=O)c1cc(C)nc2onc(C)c12. The highest BCUT2D eigenvalue weighted by atomic mass is 16.5. The van der Waals surface area contributed by atoms with E-state index >= 15 is 0 Å².